The molecular weight excluding hydrogens is 266 g/mol. The summed E-state index contributed by atoms with van der Waals surface area (Å²) in [6, 6.07) is 9.25. The van der Waals surface area contributed by atoms with Crippen molar-refractivity contribution in [3.05, 3.63) is 35.9 Å². The van der Waals surface area contributed by atoms with Gasteiger partial charge < -0.3 is 15.8 Å². The van der Waals surface area contributed by atoms with Crippen LogP contribution < -0.4 is 5.73 Å². The molecule has 1 saturated heterocycles. The summed E-state index contributed by atoms with van der Waals surface area (Å²) in [5, 5.41) is 12.1. The van der Waals surface area contributed by atoms with E-state index in [2.05, 4.69) is 12.1 Å². The fraction of sp³-hybridized carbons (Fsp3) is 0.500. The van der Waals surface area contributed by atoms with E-state index in [1.54, 1.807) is 0 Å². The first kappa shape index (κ1) is 15.4. The summed E-state index contributed by atoms with van der Waals surface area (Å²) in [6.45, 7) is 3.69. The Morgan fingerprint density at radius 1 is 1.33 bits per heavy atom. The van der Waals surface area contributed by atoms with E-state index in [-0.39, 0.29) is 11.7 Å². The standard InChI is InChI=1S/C16H23N3O2/c1-12-6-5-10-19(11-9-12)16(20)14(15(17)18-21)13-7-3-2-4-8-13/h2-4,7-8,12,14,21H,5-6,9-11H2,1H3,(H2,17,18). The van der Waals surface area contributed by atoms with Gasteiger partial charge in [0.05, 0.1) is 0 Å². The van der Waals surface area contributed by atoms with Crippen molar-refractivity contribution in [2.24, 2.45) is 16.8 Å². The Hall–Kier alpha value is -2.04. The van der Waals surface area contributed by atoms with Gasteiger partial charge in [0.15, 0.2) is 5.84 Å². The first-order chi connectivity index (χ1) is 10.1. The smallest absolute Gasteiger partial charge is 0.237 e. The Morgan fingerprint density at radius 2 is 2.05 bits per heavy atom. The molecule has 0 aromatic heterocycles. The lowest BCUT2D eigenvalue weighted by Gasteiger charge is -2.25. The van der Waals surface area contributed by atoms with Gasteiger partial charge in [0.2, 0.25) is 5.91 Å². The first-order valence-electron chi connectivity index (χ1n) is 7.44. The third kappa shape index (κ3) is 3.74. The number of carbonyl (C=O) groups excluding carboxylic acids is 1. The molecule has 114 valence electrons. The SMILES string of the molecule is CC1CCCN(C(=O)C(C(N)=NO)c2ccccc2)CC1. The van der Waals surface area contributed by atoms with Crippen LogP contribution in [0.2, 0.25) is 0 Å². The fourth-order valence-corrected chi connectivity index (χ4v) is 2.81. The molecule has 1 heterocycles. The Morgan fingerprint density at radius 3 is 2.71 bits per heavy atom. The maximum atomic E-state index is 12.8. The van der Waals surface area contributed by atoms with Gasteiger partial charge in [-0.1, -0.05) is 42.4 Å². The van der Waals surface area contributed by atoms with Gasteiger partial charge in [-0.05, 0) is 30.7 Å². The molecule has 1 aliphatic rings. The second kappa shape index (κ2) is 7.11. The van der Waals surface area contributed by atoms with Crippen LogP contribution >= 0.6 is 0 Å². The van der Waals surface area contributed by atoms with Crippen molar-refractivity contribution in [3.8, 4) is 0 Å². The topological polar surface area (TPSA) is 78.9 Å². The number of carbonyl (C=O) groups is 1. The van der Waals surface area contributed by atoms with Crippen LogP contribution in [-0.2, 0) is 4.79 Å². The van der Waals surface area contributed by atoms with Crippen molar-refractivity contribution < 1.29 is 10.0 Å². The van der Waals surface area contributed by atoms with Gasteiger partial charge in [0.25, 0.3) is 0 Å². The highest BCUT2D eigenvalue weighted by atomic mass is 16.4. The van der Waals surface area contributed by atoms with Crippen molar-refractivity contribution >= 4 is 11.7 Å². The minimum absolute atomic E-state index is 0.0523. The molecule has 1 aliphatic heterocycles. The number of amides is 1. The summed E-state index contributed by atoms with van der Waals surface area (Å²) < 4.78 is 0. The van der Waals surface area contributed by atoms with Crippen LogP contribution in [0.5, 0.6) is 0 Å². The number of rotatable bonds is 3. The van der Waals surface area contributed by atoms with Crippen LogP contribution in [0.4, 0.5) is 0 Å². The Bertz CT molecular complexity index is 502. The summed E-state index contributed by atoms with van der Waals surface area (Å²) in [5.41, 5.74) is 6.54. The molecule has 2 unspecified atom stereocenters. The minimum Gasteiger partial charge on any atom is -0.409 e. The zero-order valence-electron chi connectivity index (χ0n) is 12.4. The average molecular weight is 289 g/mol. The van der Waals surface area contributed by atoms with Crippen LogP contribution in [0.1, 0.15) is 37.7 Å². The van der Waals surface area contributed by atoms with Crippen molar-refractivity contribution in [1.82, 2.24) is 4.90 Å². The maximum absolute atomic E-state index is 12.8. The van der Waals surface area contributed by atoms with Gasteiger partial charge in [-0.15, -0.1) is 0 Å². The molecule has 0 bridgehead atoms. The van der Waals surface area contributed by atoms with E-state index in [1.165, 1.54) is 0 Å². The summed E-state index contributed by atoms with van der Waals surface area (Å²) in [6.07, 6.45) is 3.15. The molecule has 1 fully saturated rings. The normalized spacial score (nSPS) is 21.7. The van der Waals surface area contributed by atoms with Crippen LogP contribution in [0, 0.1) is 5.92 Å². The van der Waals surface area contributed by atoms with Crippen molar-refractivity contribution in [2.45, 2.75) is 32.1 Å². The highest BCUT2D eigenvalue weighted by Gasteiger charge is 2.30. The summed E-state index contributed by atoms with van der Waals surface area (Å²) in [7, 11) is 0. The third-order valence-electron chi connectivity index (χ3n) is 4.12. The van der Waals surface area contributed by atoms with E-state index in [4.69, 9.17) is 10.9 Å². The zero-order valence-corrected chi connectivity index (χ0v) is 12.4. The largest absolute Gasteiger partial charge is 0.409 e. The fourth-order valence-electron chi connectivity index (χ4n) is 2.81. The van der Waals surface area contributed by atoms with Crippen molar-refractivity contribution in [2.75, 3.05) is 13.1 Å². The summed E-state index contributed by atoms with van der Waals surface area (Å²) in [4.78, 5) is 14.7. The lowest BCUT2D eigenvalue weighted by molar-refractivity contribution is -0.131. The van der Waals surface area contributed by atoms with Gasteiger partial charge in [0, 0.05) is 13.1 Å². The van der Waals surface area contributed by atoms with Crippen LogP contribution in [0.15, 0.2) is 35.5 Å². The summed E-state index contributed by atoms with van der Waals surface area (Å²) in [5.74, 6) is -0.194. The number of oxime groups is 1. The number of benzene rings is 1. The van der Waals surface area contributed by atoms with E-state index < -0.39 is 5.92 Å². The molecule has 1 amide bonds. The molecule has 2 rings (SSSR count). The molecule has 2 atom stereocenters. The van der Waals surface area contributed by atoms with Gasteiger partial charge in [-0.2, -0.15) is 0 Å². The predicted molar refractivity (Wildman–Crippen MR) is 82.2 cm³/mol. The molecule has 0 saturated carbocycles. The maximum Gasteiger partial charge on any atom is 0.237 e. The van der Waals surface area contributed by atoms with Gasteiger partial charge in [-0.3, -0.25) is 4.79 Å². The Balaban J connectivity index is 2.22. The molecule has 1 aromatic carbocycles. The van der Waals surface area contributed by atoms with Crippen LogP contribution in [0.25, 0.3) is 0 Å². The summed E-state index contributed by atoms with van der Waals surface area (Å²) >= 11 is 0. The molecule has 0 radical (unpaired) electrons. The number of amidine groups is 1. The van der Waals surface area contributed by atoms with Crippen LogP contribution in [-0.4, -0.2) is 34.9 Å². The quantitative estimate of drug-likeness (QED) is 0.387. The molecule has 5 heteroatoms. The lowest BCUT2D eigenvalue weighted by Crippen LogP contribution is -2.41. The monoisotopic (exact) mass is 289 g/mol. The van der Waals surface area contributed by atoms with E-state index in [1.807, 2.05) is 35.2 Å². The first-order valence-corrected chi connectivity index (χ1v) is 7.44. The predicted octanol–water partition coefficient (Wildman–Crippen LogP) is 2.17. The van der Waals surface area contributed by atoms with E-state index in [9.17, 15) is 4.79 Å². The molecular formula is C16H23N3O2. The van der Waals surface area contributed by atoms with Gasteiger partial charge in [0.1, 0.15) is 5.92 Å². The van der Waals surface area contributed by atoms with Crippen LogP contribution in [0.3, 0.4) is 0 Å². The Labute approximate surface area is 125 Å². The molecule has 1 aromatic rings. The van der Waals surface area contributed by atoms with E-state index in [0.29, 0.717) is 5.92 Å². The highest BCUT2D eigenvalue weighted by Crippen LogP contribution is 2.23. The van der Waals surface area contributed by atoms with Gasteiger partial charge in [-0.25, -0.2) is 0 Å². The third-order valence-corrected chi connectivity index (χ3v) is 4.12. The second-order valence-corrected chi connectivity index (χ2v) is 5.73. The number of hydrogen-bond acceptors (Lipinski definition) is 3. The highest BCUT2D eigenvalue weighted by molar-refractivity contribution is 6.07. The molecule has 0 spiro atoms. The number of nitrogens with two attached hydrogens (primary N) is 1. The van der Waals surface area contributed by atoms with Crippen molar-refractivity contribution in [1.29, 1.82) is 0 Å². The second-order valence-electron chi connectivity index (χ2n) is 5.73. The molecule has 21 heavy (non-hydrogen) atoms. The number of nitrogens with zero attached hydrogens (tertiary/aromatic N) is 2. The van der Waals surface area contributed by atoms with Gasteiger partial charge >= 0.3 is 0 Å². The minimum atomic E-state index is -0.704. The average Bonchev–Trinajstić information content (AvgIpc) is 2.73. The number of likely N-dealkylation sites (tertiary alicyclic amines) is 1. The van der Waals surface area contributed by atoms with E-state index >= 15 is 0 Å². The Kier molecular flexibility index (Phi) is 5.20. The molecule has 0 aliphatic carbocycles. The zero-order chi connectivity index (χ0) is 15.2. The van der Waals surface area contributed by atoms with E-state index in [0.717, 1.165) is 37.9 Å². The molecule has 5 nitrogen and oxygen atoms in total. The number of hydrogen-bond donors (Lipinski definition) is 2. The van der Waals surface area contributed by atoms with Crippen molar-refractivity contribution in [3.63, 3.8) is 0 Å². The lowest BCUT2D eigenvalue weighted by atomic mass is 9.96. The molecule has 3 N–H and O–H groups in total.